The molecule has 1 aliphatic heterocycles. The lowest BCUT2D eigenvalue weighted by Crippen LogP contribution is -2.33. The number of nitro groups is 1. The summed E-state index contributed by atoms with van der Waals surface area (Å²) in [7, 11) is 0. The zero-order valence-electron chi connectivity index (χ0n) is 10.3. The number of anilines is 1. The Morgan fingerprint density at radius 2 is 2.11 bits per heavy atom. The zero-order valence-corrected chi connectivity index (χ0v) is 11.9. The minimum absolute atomic E-state index is 0.0188. The number of nitrogens with one attached hydrogen (secondary N) is 1. The van der Waals surface area contributed by atoms with Crippen molar-refractivity contribution < 1.29 is 9.72 Å². The lowest BCUT2D eigenvalue weighted by molar-refractivity contribution is -0.384. The number of carbonyl (C=O) groups excluding carboxylic acids is 1. The van der Waals surface area contributed by atoms with Crippen molar-refractivity contribution in [1.29, 1.82) is 0 Å². The van der Waals surface area contributed by atoms with E-state index in [2.05, 4.69) is 21.2 Å². The van der Waals surface area contributed by atoms with E-state index >= 15 is 0 Å². The molecule has 1 aromatic rings. The molecule has 0 aliphatic carbocycles. The number of carbonyl (C=O) groups is 1. The first-order chi connectivity index (χ1) is 9.08. The average molecular weight is 328 g/mol. The van der Waals surface area contributed by atoms with Crippen LogP contribution in [0.5, 0.6) is 0 Å². The van der Waals surface area contributed by atoms with Crippen molar-refractivity contribution in [3.05, 3.63) is 32.8 Å². The minimum atomic E-state index is -0.465. The first-order valence-electron chi connectivity index (χ1n) is 6.03. The van der Waals surface area contributed by atoms with Crippen molar-refractivity contribution in [2.45, 2.75) is 12.8 Å². The molecule has 1 fully saturated rings. The molecule has 102 valence electrons. The molecule has 0 atom stereocenters. The van der Waals surface area contributed by atoms with Crippen LogP contribution in [0.3, 0.4) is 0 Å². The summed E-state index contributed by atoms with van der Waals surface area (Å²) in [6.45, 7) is 1.65. The topological polar surface area (TPSA) is 75.5 Å². The van der Waals surface area contributed by atoms with Gasteiger partial charge < -0.3 is 10.2 Å². The smallest absolute Gasteiger partial charge is 0.293 e. The van der Waals surface area contributed by atoms with Crippen molar-refractivity contribution in [3.8, 4) is 0 Å². The number of nitro benzene ring substituents is 1. The maximum atomic E-state index is 11.9. The largest absolute Gasteiger partial charge is 0.371 e. The van der Waals surface area contributed by atoms with Gasteiger partial charge in [-0.05, 0) is 25.0 Å². The highest BCUT2D eigenvalue weighted by Gasteiger charge is 2.19. The van der Waals surface area contributed by atoms with Gasteiger partial charge in [-0.25, -0.2) is 0 Å². The number of rotatable bonds is 4. The van der Waals surface area contributed by atoms with Gasteiger partial charge in [0.2, 0.25) is 5.91 Å². The van der Waals surface area contributed by atoms with Crippen molar-refractivity contribution >= 4 is 33.2 Å². The van der Waals surface area contributed by atoms with Crippen molar-refractivity contribution in [3.63, 3.8) is 0 Å². The predicted octanol–water partition coefficient (Wildman–Crippen LogP) is 2.39. The average Bonchev–Trinajstić information content (AvgIpc) is 2.90. The van der Waals surface area contributed by atoms with Gasteiger partial charge in [-0.15, -0.1) is 0 Å². The lowest BCUT2D eigenvalue weighted by Gasteiger charge is -2.16. The minimum Gasteiger partial charge on any atom is -0.371 e. The Labute approximate surface area is 119 Å². The van der Waals surface area contributed by atoms with Gasteiger partial charge in [0.05, 0.1) is 11.5 Å². The van der Waals surface area contributed by atoms with E-state index in [1.165, 1.54) is 6.07 Å². The van der Waals surface area contributed by atoms with Gasteiger partial charge in [0.25, 0.3) is 5.69 Å². The first kappa shape index (κ1) is 13.8. The Morgan fingerprint density at radius 3 is 2.74 bits per heavy atom. The van der Waals surface area contributed by atoms with Crippen LogP contribution >= 0.6 is 15.9 Å². The van der Waals surface area contributed by atoms with Crippen LogP contribution in [0.4, 0.5) is 11.4 Å². The molecule has 19 heavy (non-hydrogen) atoms. The summed E-state index contributed by atoms with van der Waals surface area (Å²) >= 11 is 3.19. The van der Waals surface area contributed by atoms with Crippen LogP contribution in [0.15, 0.2) is 22.7 Å². The summed E-state index contributed by atoms with van der Waals surface area (Å²) < 4.78 is 0.635. The normalized spacial score (nSPS) is 14.5. The fourth-order valence-electron chi connectivity index (χ4n) is 2.05. The molecule has 0 saturated carbocycles. The molecule has 0 radical (unpaired) electrons. The highest BCUT2D eigenvalue weighted by Crippen LogP contribution is 2.27. The summed E-state index contributed by atoms with van der Waals surface area (Å²) in [6, 6.07) is 4.72. The summed E-state index contributed by atoms with van der Waals surface area (Å²) in [5.74, 6) is -0.0188. The highest BCUT2D eigenvalue weighted by molar-refractivity contribution is 9.10. The summed E-state index contributed by atoms with van der Waals surface area (Å²) in [5.41, 5.74) is 0.323. The van der Waals surface area contributed by atoms with E-state index in [4.69, 9.17) is 0 Å². The van der Waals surface area contributed by atoms with Crippen molar-refractivity contribution in [2.75, 3.05) is 25.0 Å². The van der Waals surface area contributed by atoms with Gasteiger partial charge in [-0.2, -0.15) is 0 Å². The molecule has 0 aromatic heterocycles. The molecular weight excluding hydrogens is 314 g/mol. The SMILES string of the molecule is O=C(CNc1ccc(Br)cc1[N+](=O)[O-])N1CCCC1. The number of nitrogens with zero attached hydrogens (tertiary/aromatic N) is 2. The van der Waals surface area contributed by atoms with E-state index in [9.17, 15) is 14.9 Å². The van der Waals surface area contributed by atoms with Crippen LogP contribution in [-0.2, 0) is 4.79 Å². The fourth-order valence-corrected chi connectivity index (χ4v) is 2.40. The van der Waals surface area contributed by atoms with Gasteiger partial charge in [0, 0.05) is 23.6 Å². The Kier molecular flexibility index (Phi) is 4.36. The van der Waals surface area contributed by atoms with Crippen LogP contribution in [0.25, 0.3) is 0 Å². The number of hydrogen-bond donors (Lipinski definition) is 1. The molecule has 1 saturated heterocycles. The first-order valence-corrected chi connectivity index (χ1v) is 6.83. The fraction of sp³-hybridized carbons (Fsp3) is 0.417. The quantitative estimate of drug-likeness (QED) is 0.680. The Bertz CT molecular complexity index is 501. The monoisotopic (exact) mass is 327 g/mol. The van der Waals surface area contributed by atoms with Gasteiger partial charge in [0.15, 0.2) is 0 Å². The van der Waals surface area contributed by atoms with Crippen LogP contribution in [-0.4, -0.2) is 35.4 Å². The van der Waals surface area contributed by atoms with Gasteiger partial charge in [-0.1, -0.05) is 15.9 Å². The Balaban J connectivity index is 2.02. The summed E-state index contributed by atoms with van der Waals surface area (Å²) in [4.78, 5) is 24.1. The standard InChI is InChI=1S/C12H14BrN3O3/c13-9-3-4-10(11(7-9)16(18)19)14-8-12(17)15-5-1-2-6-15/h3-4,7,14H,1-2,5-6,8H2. The maximum Gasteiger partial charge on any atom is 0.293 e. The lowest BCUT2D eigenvalue weighted by atomic mass is 10.2. The Morgan fingerprint density at radius 1 is 1.42 bits per heavy atom. The second kappa shape index (κ2) is 6.01. The van der Waals surface area contributed by atoms with E-state index < -0.39 is 4.92 Å². The molecule has 0 spiro atoms. The molecule has 0 bridgehead atoms. The number of hydrogen-bond acceptors (Lipinski definition) is 4. The van der Waals surface area contributed by atoms with E-state index in [1.807, 2.05) is 0 Å². The molecule has 1 N–H and O–H groups in total. The summed E-state index contributed by atoms with van der Waals surface area (Å²) in [5, 5.41) is 13.8. The van der Waals surface area contributed by atoms with E-state index in [0.29, 0.717) is 10.2 Å². The third kappa shape index (κ3) is 3.44. The molecule has 6 nitrogen and oxygen atoms in total. The molecule has 1 heterocycles. The number of halogens is 1. The molecule has 7 heteroatoms. The van der Waals surface area contributed by atoms with E-state index in [0.717, 1.165) is 25.9 Å². The number of benzene rings is 1. The predicted molar refractivity (Wildman–Crippen MR) is 75.1 cm³/mol. The molecule has 0 unspecified atom stereocenters. The van der Waals surface area contributed by atoms with Crippen molar-refractivity contribution in [2.24, 2.45) is 0 Å². The van der Waals surface area contributed by atoms with Crippen LogP contribution < -0.4 is 5.32 Å². The van der Waals surface area contributed by atoms with E-state index in [1.54, 1.807) is 17.0 Å². The number of amides is 1. The maximum absolute atomic E-state index is 11.9. The molecule has 1 aromatic carbocycles. The molecule has 1 aliphatic rings. The van der Waals surface area contributed by atoms with Gasteiger partial charge >= 0.3 is 0 Å². The van der Waals surface area contributed by atoms with Gasteiger partial charge in [-0.3, -0.25) is 14.9 Å². The van der Waals surface area contributed by atoms with Gasteiger partial charge in [0.1, 0.15) is 5.69 Å². The highest BCUT2D eigenvalue weighted by atomic mass is 79.9. The second-order valence-corrected chi connectivity index (χ2v) is 5.28. The molecular formula is C12H14BrN3O3. The molecule has 2 rings (SSSR count). The second-order valence-electron chi connectivity index (χ2n) is 4.36. The van der Waals surface area contributed by atoms with Crippen LogP contribution in [0, 0.1) is 10.1 Å². The summed E-state index contributed by atoms with van der Waals surface area (Å²) in [6.07, 6.45) is 2.06. The van der Waals surface area contributed by atoms with Crippen molar-refractivity contribution in [1.82, 2.24) is 4.90 Å². The zero-order chi connectivity index (χ0) is 13.8. The molecule has 1 amide bonds. The Hall–Kier alpha value is -1.63. The third-order valence-electron chi connectivity index (χ3n) is 3.05. The third-order valence-corrected chi connectivity index (χ3v) is 3.54. The van der Waals surface area contributed by atoms with Crippen LogP contribution in [0.2, 0.25) is 0 Å². The number of likely N-dealkylation sites (tertiary alicyclic amines) is 1. The van der Waals surface area contributed by atoms with Crippen LogP contribution in [0.1, 0.15) is 12.8 Å². The van der Waals surface area contributed by atoms with E-state index in [-0.39, 0.29) is 18.1 Å².